The van der Waals surface area contributed by atoms with E-state index in [9.17, 15) is 21.6 Å². The molecule has 184 valence electrons. The van der Waals surface area contributed by atoms with Gasteiger partial charge in [-0.3, -0.25) is 14.4 Å². The normalized spacial score (nSPS) is 12.2. The highest BCUT2D eigenvalue weighted by Gasteiger charge is 2.35. The summed E-state index contributed by atoms with van der Waals surface area (Å²) in [4.78, 5) is 3.51. The van der Waals surface area contributed by atoms with Gasteiger partial charge in [-0.2, -0.15) is 18.3 Å². The minimum Gasteiger partial charge on any atom is -0.377 e. The lowest BCUT2D eigenvalue weighted by Gasteiger charge is -2.15. The van der Waals surface area contributed by atoms with Gasteiger partial charge in [0.25, 0.3) is 10.0 Å². The molecule has 10 nitrogen and oxygen atoms in total. The predicted molar refractivity (Wildman–Crippen MR) is 120 cm³/mol. The first-order valence-corrected chi connectivity index (χ1v) is 11.7. The third-order valence-electron chi connectivity index (χ3n) is 4.58. The fourth-order valence-electron chi connectivity index (χ4n) is 3.10. The maximum atomic E-state index is 13.3. The van der Waals surface area contributed by atoms with Crippen molar-refractivity contribution in [3.63, 3.8) is 0 Å². The van der Waals surface area contributed by atoms with E-state index in [2.05, 4.69) is 30.1 Å². The lowest BCUT2D eigenvalue weighted by molar-refractivity contribution is -0.137. The molecule has 0 amide bonds. The van der Waals surface area contributed by atoms with Crippen LogP contribution >= 0.6 is 23.2 Å². The summed E-state index contributed by atoms with van der Waals surface area (Å²) in [7, 11) is -3.09. The van der Waals surface area contributed by atoms with Crippen molar-refractivity contribution in [1.82, 2.24) is 29.9 Å². The Balaban J connectivity index is 1.82. The van der Waals surface area contributed by atoms with Crippen LogP contribution in [0.3, 0.4) is 0 Å². The number of anilines is 1. The number of methoxy groups -OCH3 is 1. The number of pyridine rings is 1. The topological polar surface area (TPSA) is 128 Å². The Labute approximate surface area is 206 Å². The molecule has 35 heavy (non-hydrogen) atoms. The van der Waals surface area contributed by atoms with Gasteiger partial charge < -0.3 is 4.74 Å². The largest absolute Gasteiger partial charge is 0.417 e. The molecule has 0 aliphatic carbocycles. The number of hydrogen-bond acceptors (Lipinski definition) is 7. The lowest BCUT2D eigenvalue weighted by Crippen LogP contribution is -2.16. The zero-order chi connectivity index (χ0) is 25.4. The van der Waals surface area contributed by atoms with Crippen LogP contribution in [0.1, 0.15) is 11.4 Å². The summed E-state index contributed by atoms with van der Waals surface area (Å²) in [6.07, 6.45) is -2.06. The van der Waals surface area contributed by atoms with Crippen LogP contribution in [0.4, 0.5) is 18.9 Å². The molecule has 0 spiro atoms. The molecule has 0 radical (unpaired) electrons. The zero-order valence-electron chi connectivity index (χ0n) is 17.5. The Morgan fingerprint density at radius 1 is 1.17 bits per heavy atom. The molecule has 0 aliphatic heterocycles. The van der Waals surface area contributed by atoms with Gasteiger partial charge in [0.2, 0.25) is 0 Å². The summed E-state index contributed by atoms with van der Waals surface area (Å²) in [5.74, 6) is 0.758. The minimum absolute atomic E-state index is 0.0131. The van der Waals surface area contributed by atoms with Gasteiger partial charge in [-0.25, -0.2) is 13.4 Å². The second kappa shape index (κ2) is 9.45. The van der Waals surface area contributed by atoms with E-state index in [0.29, 0.717) is 17.7 Å². The second-order valence-corrected chi connectivity index (χ2v) is 9.46. The van der Waals surface area contributed by atoms with Gasteiger partial charge in [0.05, 0.1) is 26.2 Å². The van der Waals surface area contributed by atoms with Crippen molar-refractivity contribution in [1.29, 1.82) is 0 Å². The van der Waals surface area contributed by atoms with E-state index < -0.39 is 31.7 Å². The third kappa shape index (κ3) is 5.10. The van der Waals surface area contributed by atoms with Crippen LogP contribution < -0.4 is 4.72 Å². The second-order valence-electron chi connectivity index (χ2n) is 6.94. The number of hydrogen-bond donors (Lipinski definition) is 2. The molecule has 16 heteroatoms. The molecule has 4 aromatic rings. The summed E-state index contributed by atoms with van der Waals surface area (Å²) in [6, 6.07) is 5.08. The molecule has 0 bridgehead atoms. The fraction of sp³-hybridized carbons (Fsp3) is 0.158. The minimum atomic E-state index is -4.86. The van der Waals surface area contributed by atoms with Crippen molar-refractivity contribution in [3.05, 3.63) is 64.2 Å². The van der Waals surface area contributed by atoms with Gasteiger partial charge in [-0.1, -0.05) is 23.2 Å². The van der Waals surface area contributed by atoms with Crippen LogP contribution in [0.15, 0.2) is 47.6 Å². The fourth-order valence-corrected chi connectivity index (χ4v) is 4.56. The number of nitrogens with zero attached hydrogens (tertiary/aromatic N) is 5. The molecule has 0 saturated heterocycles. The van der Waals surface area contributed by atoms with E-state index in [-0.39, 0.29) is 28.8 Å². The van der Waals surface area contributed by atoms with E-state index in [1.165, 1.54) is 23.9 Å². The molecule has 0 atom stereocenters. The smallest absolute Gasteiger partial charge is 0.377 e. The molecule has 0 fully saturated rings. The molecule has 1 aromatic carbocycles. The van der Waals surface area contributed by atoms with E-state index in [1.807, 2.05) is 0 Å². The van der Waals surface area contributed by atoms with Crippen LogP contribution in [0.5, 0.6) is 0 Å². The van der Waals surface area contributed by atoms with Gasteiger partial charge in [-0.05, 0) is 24.3 Å². The Morgan fingerprint density at radius 3 is 2.60 bits per heavy atom. The molecule has 0 saturated carbocycles. The third-order valence-corrected chi connectivity index (χ3v) is 6.48. The molecular formula is C19H14Cl2F3N7O3S. The van der Waals surface area contributed by atoms with Crippen LogP contribution in [0, 0.1) is 0 Å². The molecule has 3 heterocycles. The van der Waals surface area contributed by atoms with Crippen LogP contribution in [-0.4, -0.2) is 45.5 Å². The highest BCUT2D eigenvalue weighted by Crippen LogP contribution is 2.37. The number of aromatic nitrogens is 6. The first-order valence-electron chi connectivity index (χ1n) is 9.50. The number of rotatable bonds is 7. The van der Waals surface area contributed by atoms with Crippen LogP contribution in [0.2, 0.25) is 10.0 Å². The van der Waals surface area contributed by atoms with Gasteiger partial charge >= 0.3 is 6.18 Å². The summed E-state index contributed by atoms with van der Waals surface area (Å²) in [6.45, 7) is 0.0412. The number of aromatic amines is 1. The van der Waals surface area contributed by atoms with Crippen molar-refractivity contribution < 1.29 is 26.3 Å². The Kier molecular flexibility index (Phi) is 6.73. The number of H-pyrrole nitrogens is 1. The SMILES string of the molecule is COCc1nnc(-c2ncc(Cl)cc2NS(=O)(=O)c2ccc(Cl)c(C(F)(F)F)c2)n1-c1cc[nH]n1. The maximum absolute atomic E-state index is 13.3. The van der Waals surface area contributed by atoms with Crippen molar-refractivity contribution in [2.24, 2.45) is 0 Å². The van der Waals surface area contributed by atoms with E-state index in [1.54, 1.807) is 12.3 Å². The molecular weight excluding hydrogens is 534 g/mol. The standard InChI is InChI=1S/C19H14Cl2F3N7O3S/c1-34-9-16-28-29-18(31(16)15-4-5-26-27-15)17-14(6-10(20)8-25-17)30-35(32,33)11-2-3-13(21)12(7-11)19(22,23)24/h2-8,30H,9H2,1H3,(H,26,27). The molecule has 0 unspecified atom stereocenters. The summed E-state index contributed by atoms with van der Waals surface area (Å²) < 4.78 is 74.7. The highest BCUT2D eigenvalue weighted by atomic mass is 35.5. The number of ether oxygens (including phenoxy) is 1. The quantitative estimate of drug-likeness (QED) is 0.352. The number of halogens is 5. The average Bonchev–Trinajstić information content (AvgIpc) is 3.43. The van der Waals surface area contributed by atoms with Gasteiger partial charge in [-0.15, -0.1) is 10.2 Å². The van der Waals surface area contributed by atoms with Gasteiger partial charge in [0, 0.05) is 25.6 Å². The monoisotopic (exact) mass is 547 g/mol. The summed E-state index contributed by atoms with van der Waals surface area (Å²) in [5, 5.41) is 14.3. The first-order chi connectivity index (χ1) is 16.5. The summed E-state index contributed by atoms with van der Waals surface area (Å²) >= 11 is 11.6. The first kappa shape index (κ1) is 24.9. The number of sulfonamides is 1. The van der Waals surface area contributed by atoms with Crippen molar-refractivity contribution in [2.75, 3.05) is 11.8 Å². The molecule has 3 aromatic heterocycles. The highest BCUT2D eigenvalue weighted by molar-refractivity contribution is 7.92. The van der Waals surface area contributed by atoms with E-state index >= 15 is 0 Å². The number of nitrogens with one attached hydrogen (secondary N) is 2. The van der Waals surface area contributed by atoms with E-state index in [0.717, 1.165) is 12.1 Å². The van der Waals surface area contributed by atoms with Gasteiger partial charge in [0.15, 0.2) is 17.5 Å². The Bertz CT molecular complexity index is 1480. The molecule has 0 aliphatic rings. The maximum Gasteiger partial charge on any atom is 0.417 e. The Morgan fingerprint density at radius 2 is 1.94 bits per heavy atom. The van der Waals surface area contributed by atoms with Crippen molar-refractivity contribution in [3.8, 4) is 17.3 Å². The Hall–Kier alpha value is -3.20. The average molecular weight is 548 g/mol. The molecule has 2 N–H and O–H groups in total. The number of benzene rings is 1. The summed E-state index contributed by atoms with van der Waals surface area (Å²) in [5.41, 5.74) is -1.47. The zero-order valence-corrected chi connectivity index (χ0v) is 19.8. The van der Waals surface area contributed by atoms with Crippen LogP contribution in [0.25, 0.3) is 17.3 Å². The number of alkyl halides is 3. The predicted octanol–water partition coefficient (Wildman–Crippen LogP) is 4.33. The van der Waals surface area contributed by atoms with Crippen molar-refractivity contribution in [2.45, 2.75) is 17.7 Å². The van der Waals surface area contributed by atoms with Crippen LogP contribution in [-0.2, 0) is 27.5 Å². The lowest BCUT2D eigenvalue weighted by atomic mass is 10.2. The van der Waals surface area contributed by atoms with Crippen molar-refractivity contribution >= 4 is 38.9 Å². The van der Waals surface area contributed by atoms with E-state index in [4.69, 9.17) is 27.9 Å². The molecule has 4 rings (SSSR count). The van der Waals surface area contributed by atoms with Gasteiger partial charge in [0.1, 0.15) is 12.3 Å².